The molecule has 1 heterocycles. The molecule has 16 heavy (non-hydrogen) atoms. The molecule has 0 saturated heterocycles. The van der Waals surface area contributed by atoms with Crippen LogP contribution in [0.2, 0.25) is 0 Å². The summed E-state index contributed by atoms with van der Waals surface area (Å²) in [7, 11) is 0. The Balaban J connectivity index is 1.98. The van der Waals surface area contributed by atoms with Gasteiger partial charge in [0, 0.05) is 32.0 Å². The van der Waals surface area contributed by atoms with Crippen molar-refractivity contribution >= 4 is 5.91 Å². The molecule has 1 rings (SSSR count). The molecule has 0 saturated carbocycles. The van der Waals surface area contributed by atoms with Crippen LogP contribution in [-0.4, -0.2) is 35.2 Å². The number of rotatable bonds is 7. The van der Waals surface area contributed by atoms with Crippen molar-refractivity contribution in [2.24, 2.45) is 0 Å². The molecule has 0 aliphatic rings. The molecule has 0 bridgehead atoms. The van der Waals surface area contributed by atoms with E-state index in [2.05, 4.69) is 20.8 Å². The van der Waals surface area contributed by atoms with Gasteiger partial charge in [0.15, 0.2) is 6.33 Å². The van der Waals surface area contributed by atoms with Crippen LogP contribution >= 0.6 is 0 Å². The maximum absolute atomic E-state index is 11.3. The van der Waals surface area contributed by atoms with Crippen molar-refractivity contribution < 1.29 is 9.32 Å². The number of hydrogen-bond donors (Lipinski definition) is 2. The normalized spacial score (nSPS) is 10.7. The maximum Gasteiger partial charge on any atom is 0.227 e. The van der Waals surface area contributed by atoms with Gasteiger partial charge in [0.05, 0.1) is 0 Å². The minimum atomic E-state index is 0.0697. The lowest BCUT2D eigenvalue weighted by Gasteiger charge is -2.08. The van der Waals surface area contributed by atoms with Gasteiger partial charge in [-0.1, -0.05) is 5.16 Å². The van der Waals surface area contributed by atoms with E-state index in [0.29, 0.717) is 25.3 Å². The number of amides is 1. The summed E-state index contributed by atoms with van der Waals surface area (Å²) in [6.07, 6.45) is 2.55. The van der Waals surface area contributed by atoms with Crippen molar-refractivity contribution in [2.45, 2.75) is 32.7 Å². The molecule has 1 aromatic heterocycles. The highest BCUT2D eigenvalue weighted by Gasteiger charge is 2.02. The van der Waals surface area contributed by atoms with Gasteiger partial charge in [-0.3, -0.25) is 4.79 Å². The van der Waals surface area contributed by atoms with Crippen molar-refractivity contribution in [3.05, 3.63) is 12.2 Å². The molecule has 6 nitrogen and oxygen atoms in total. The molecule has 0 unspecified atom stereocenters. The molecule has 2 N–H and O–H groups in total. The zero-order chi connectivity index (χ0) is 11.8. The van der Waals surface area contributed by atoms with Crippen LogP contribution in [0.1, 0.15) is 26.2 Å². The smallest absolute Gasteiger partial charge is 0.227 e. The fourth-order valence-corrected chi connectivity index (χ4v) is 1.22. The van der Waals surface area contributed by atoms with Crippen LogP contribution in [0.25, 0.3) is 0 Å². The second-order valence-electron chi connectivity index (χ2n) is 3.81. The van der Waals surface area contributed by atoms with Gasteiger partial charge < -0.3 is 15.2 Å². The zero-order valence-electron chi connectivity index (χ0n) is 9.69. The second-order valence-corrected chi connectivity index (χ2v) is 3.81. The summed E-state index contributed by atoms with van der Waals surface area (Å²) in [5.41, 5.74) is 0. The lowest BCUT2D eigenvalue weighted by atomic mass is 10.3. The molecule has 1 amide bonds. The number of nitrogens with one attached hydrogen (secondary N) is 2. The quantitative estimate of drug-likeness (QED) is 0.645. The van der Waals surface area contributed by atoms with E-state index < -0.39 is 0 Å². The molecule has 6 heteroatoms. The highest BCUT2D eigenvalue weighted by atomic mass is 16.5. The molecule has 0 atom stereocenters. The van der Waals surface area contributed by atoms with Crippen LogP contribution < -0.4 is 10.6 Å². The van der Waals surface area contributed by atoms with Crippen molar-refractivity contribution in [3.8, 4) is 0 Å². The van der Waals surface area contributed by atoms with E-state index in [1.54, 1.807) is 0 Å². The Labute approximate surface area is 94.8 Å². The average Bonchev–Trinajstić information content (AvgIpc) is 2.68. The third-order valence-electron chi connectivity index (χ3n) is 1.90. The lowest BCUT2D eigenvalue weighted by molar-refractivity contribution is -0.121. The first-order valence-corrected chi connectivity index (χ1v) is 5.44. The van der Waals surface area contributed by atoms with Crippen molar-refractivity contribution in [2.75, 3.05) is 13.1 Å². The molecular weight excluding hydrogens is 208 g/mol. The number of aromatic nitrogens is 2. The third kappa shape index (κ3) is 5.45. The molecule has 0 spiro atoms. The van der Waals surface area contributed by atoms with E-state index in [-0.39, 0.29) is 11.9 Å². The Kier molecular flexibility index (Phi) is 5.49. The van der Waals surface area contributed by atoms with Crippen LogP contribution in [-0.2, 0) is 11.2 Å². The van der Waals surface area contributed by atoms with Crippen LogP contribution in [0, 0.1) is 0 Å². The Bertz CT molecular complexity index is 298. The van der Waals surface area contributed by atoms with Crippen molar-refractivity contribution in [1.29, 1.82) is 0 Å². The van der Waals surface area contributed by atoms with Gasteiger partial charge in [-0.25, -0.2) is 0 Å². The summed E-state index contributed by atoms with van der Waals surface area (Å²) in [5.74, 6) is 0.680. The highest BCUT2D eigenvalue weighted by molar-refractivity contribution is 5.76. The van der Waals surface area contributed by atoms with Crippen LogP contribution in [0.4, 0.5) is 0 Å². The SMILES string of the molecule is CC(C)NC(=O)CCNCCc1ncno1. The molecule has 0 aromatic carbocycles. The fraction of sp³-hybridized carbons (Fsp3) is 0.700. The molecule has 1 aromatic rings. The first-order valence-electron chi connectivity index (χ1n) is 5.44. The molecule has 0 radical (unpaired) electrons. The van der Waals surface area contributed by atoms with Gasteiger partial charge in [0.25, 0.3) is 0 Å². The van der Waals surface area contributed by atoms with Crippen LogP contribution in [0.5, 0.6) is 0 Å². The Morgan fingerprint density at radius 3 is 2.94 bits per heavy atom. The van der Waals surface area contributed by atoms with E-state index >= 15 is 0 Å². The molecule has 0 fully saturated rings. The molecule has 90 valence electrons. The van der Waals surface area contributed by atoms with E-state index in [4.69, 9.17) is 4.52 Å². The summed E-state index contributed by atoms with van der Waals surface area (Å²) in [4.78, 5) is 15.1. The van der Waals surface area contributed by atoms with Crippen LogP contribution in [0.15, 0.2) is 10.9 Å². The minimum absolute atomic E-state index is 0.0697. The fourth-order valence-electron chi connectivity index (χ4n) is 1.22. The van der Waals surface area contributed by atoms with E-state index in [1.165, 1.54) is 6.33 Å². The molecular formula is C10H18N4O2. The number of carbonyl (C=O) groups is 1. The van der Waals surface area contributed by atoms with E-state index in [0.717, 1.165) is 6.54 Å². The monoisotopic (exact) mass is 226 g/mol. The highest BCUT2D eigenvalue weighted by Crippen LogP contribution is 1.90. The summed E-state index contributed by atoms with van der Waals surface area (Å²) < 4.78 is 4.83. The summed E-state index contributed by atoms with van der Waals surface area (Å²) in [6, 6.07) is 0.200. The summed E-state index contributed by atoms with van der Waals surface area (Å²) in [5, 5.41) is 9.47. The van der Waals surface area contributed by atoms with Crippen molar-refractivity contribution in [3.63, 3.8) is 0 Å². The first kappa shape index (κ1) is 12.6. The third-order valence-corrected chi connectivity index (χ3v) is 1.90. The number of nitrogens with zero attached hydrogens (tertiary/aromatic N) is 2. The lowest BCUT2D eigenvalue weighted by Crippen LogP contribution is -2.32. The number of hydrogen-bond acceptors (Lipinski definition) is 5. The van der Waals surface area contributed by atoms with Gasteiger partial charge in [-0.15, -0.1) is 0 Å². The summed E-state index contributed by atoms with van der Waals surface area (Å²) in [6.45, 7) is 5.28. The first-order chi connectivity index (χ1) is 7.68. The second kappa shape index (κ2) is 6.95. The standard InChI is InChI=1S/C10H18N4O2/c1-8(2)14-9(15)3-5-11-6-4-10-12-7-13-16-10/h7-8,11H,3-6H2,1-2H3,(H,14,15). The van der Waals surface area contributed by atoms with Gasteiger partial charge >= 0.3 is 0 Å². The predicted molar refractivity (Wildman–Crippen MR) is 58.8 cm³/mol. The Morgan fingerprint density at radius 1 is 1.50 bits per heavy atom. The van der Waals surface area contributed by atoms with Gasteiger partial charge in [-0.05, 0) is 13.8 Å². The minimum Gasteiger partial charge on any atom is -0.354 e. The van der Waals surface area contributed by atoms with Crippen LogP contribution in [0.3, 0.4) is 0 Å². The zero-order valence-corrected chi connectivity index (χ0v) is 9.69. The van der Waals surface area contributed by atoms with Gasteiger partial charge in [-0.2, -0.15) is 4.98 Å². The molecule has 0 aliphatic carbocycles. The Hall–Kier alpha value is -1.43. The average molecular weight is 226 g/mol. The predicted octanol–water partition coefficient (Wildman–Crippen LogP) is 0.116. The topological polar surface area (TPSA) is 80.0 Å². The summed E-state index contributed by atoms with van der Waals surface area (Å²) >= 11 is 0. The van der Waals surface area contributed by atoms with Gasteiger partial charge in [0.2, 0.25) is 11.8 Å². The number of carbonyl (C=O) groups excluding carboxylic acids is 1. The van der Waals surface area contributed by atoms with E-state index in [9.17, 15) is 4.79 Å². The largest absolute Gasteiger partial charge is 0.354 e. The Morgan fingerprint density at radius 2 is 2.31 bits per heavy atom. The van der Waals surface area contributed by atoms with Crippen molar-refractivity contribution in [1.82, 2.24) is 20.8 Å². The molecule has 0 aliphatic heterocycles. The van der Waals surface area contributed by atoms with E-state index in [1.807, 2.05) is 13.8 Å². The van der Waals surface area contributed by atoms with Gasteiger partial charge in [0.1, 0.15) is 0 Å². The maximum atomic E-state index is 11.3.